The highest BCUT2D eigenvalue weighted by Gasteiger charge is 2.59. The van der Waals surface area contributed by atoms with Crippen LogP contribution in [-0.2, 0) is 9.22 Å². The number of hydrogen-bond acceptors (Lipinski definition) is 2. The molecule has 3 saturated carbocycles. The van der Waals surface area contributed by atoms with E-state index in [9.17, 15) is 4.79 Å². The minimum Gasteiger partial charge on any atom is -0.417 e. The molecule has 0 radical (unpaired) electrons. The SMILES string of the molecule is CC(CCC[C@H](C)C1CCC2C3CCC4=CC(=O)CCC4(C)C3CCC21C)CO[Si](C)(C)C. The van der Waals surface area contributed by atoms with Gasteiger partial charge in [0.2, 0.25) is 0 Å². The molecular weight excluding hydrogens is 420 g/mol. The van der Waals surface area contributed by atoms with Gasteiger partial charge in [-0.3, -0.25) is 4.79 Å². The van der Waals surface area contributed by atoms with E-state index >= 15 is 0 Å². The molecule has 4 rings (SSSR count). The first-order valence-electron chi connectivity index (χ1n) is 14.3. The predicted octanol–water partition coefficient (Wildman–Crippen LogP) is 8.43. The first-order valence-corrected chi connectivity index (χ1v) is 17.7. The average molecular weight is 473 g/mol. The Hall–Kier alpha value is -0.413. The van der Waals surface area contributed by atoms with Crippen molar-refractivity contribution in [2.45, 2.75) is 118 Å². The van der Waals surface area contributed by atoms with E-state index in [0.29, 0.717) is 22.5 Å². The van der Waals surface area contributed by atoms with Gasteiger partial charge in [-0.15, -0.1) is 0 Å². The first-order chi connectivity index (χ1) is 15.4. The van der Waals surface area contributed by atoms with E-state index < -0.39 is 8.32 Å². The fraction of sp³-hybridized carbons (Fsp3) is 0.900. The molecule has 0 spiro atoms. The number of allylic oxidation sites excluding steroid dienone is 1. The van der Waals surface area contributed by atoms with Crippen molar-refractivity contribution in [3.05, 3.63) is 11.6 Å². The van der Waals surface area contributed by atoms with Crippen LogP contribution in [0.1, 0.15) is 98.3 Å². The van der Waals surface area contributed by atoms with Crippen molar-refractivity contribution in [1.29, 1.82) is 0 Å². The van der Waals surface area contributed by atoms with Crippen molar-refractivity contribution in [3.8, 4) is 0 Å². The molecule has 0 aromatic carbocycles. The molecule has 2 nitrogen and oxygen atoms in total. The standard InChI is InChI=1S/C30H52O2Si/c1-21(20-32-33(5,6)7)9-8-10-22(2)26-13-14-27-25-12-11-23-19-24(31)15-17-29(23,3)28(25)16-18-30(26,27)4/h19,21-22,25-28H,8-18,20H2,1-7H3/t21?,22-,25?,26?,27?,28?,29?,30?/m0/s1. The maximum atomic E-state index is 12.1. The van der Waals surface area contributed by atoms with Crippen molar-refractivity contribution in [2.24, 2.45) is 46.3 Å². The monoisotopic (exact) mass is 472 g/mol. The second-order valence-electron chi connectivity index (χ2n) is 14.1. The maximum absolute atomic E-state index is 12.1. The van der Waals surface area contributed by atoms with E-state index in [1.54, 1.807) is 0 Å². The molecule has 188 valence electrons. The minimum atomic E-state index is -1.39. The lowest BCUT2D eigenvalue weighted by Crippen LogP contribution is -2.50. The molecule has 0 aliphatic heterocycles. The number of carbonyl (C=O) groups excluding carboxylic acids is 1. The molecule has 4 aliphatic carbocycles. The lowest BCUT2D eigenvalue weighted by molar-refractivity contribution is -0.117. The van der Waals surface area contributed by atoms with Gasteiger partial charge in [0.15, 0.2) is 14.1 Å². The topological polar surface area (TPSA) is 26.3 Å². The maximum Gasteiger partial charge on any atom is 0.183 e. The van der Waals surface area contributed by atoms with Crippen LogP contribution in [0.2, 0.25) is 19.6 Å². The Labute approximate surface area is 205 Å². The zero-order chi connectivity index (χ0) is 24.0. The predicted molar refractivity (Wildman–Crippen MR) is 142 cm³/mol. The van der Waals surface area contributed by atoms with Crippen molar-refractivity contribution in [3.63, 3.8) is 0 Å². The largest absolute Gasteiger partial charge is 0.417 e. The molecule has 0 amide bonds. The first kappa shape index (κ1) is 25.7. The van der Waals surface area contributed by atoms with E-state index in [4.69, 9.17) is 4.43 Å². The van der Waals surface area contributed by atoms with Crippen LogP contribution in [0.15, 0.2) is 11.6 Å². The van der Waals surface area contributed by atoms with Gasteiger partial charge in [-0.25, -0.2) is 0 Å². The van der Waals surface area contributed by atoms with E-state index in [1.165, 1.54) is 63.4 Å². The van der Waals surface area contributed by atoms with E-state index in [1.807, 2.05) is 0 Å². The molecule has 0 N–H and O–H groups in total. The van der Waals surface area contributed by atoms with Crippen LogP contribution >= 0.6 is 0 Å². The van der Waals surface area contributed by atoms with Crippen molar-refractivity contribution in [1.82, 2.24) is 0 Å². The highest BCUT2D eigenvalue weighted by atomic mass is 28.4. The van der Waals surface area contributed by atoms with Gasteiger partial charge in [0.05, 0.1) is 0 Å². The average Bonchev–Trinajstić information content (AvgIpc) is 3.09. The Morgan fingerprint density at radius 3 is 2.48 bits per heavy atom. The summed E-state index contributed by atoms with van der Waals surface area (Å²) < 4.78 is 6.15. The summed E-state index contributed by atoms with van der Waals surface area (Å²) in [6, 6.07) is 0. The summed E-state index contributed by atoms with van der Waals surface area (Å²) in [5, 5.41) is 0. The lowest BCUT2D eigenvalue weighted by atomic mass is 9.46. The number of carbonyl (C=O) groups is 1. The number of rotatable bonds is 8. The summed E-state index contributed by atoms with van der Waals surface area (Å²) in [5.74, 6) is 5.48. The highest BCUT2D eigenvalue weighted by Crippen LogP contribution is 2.67. The third-order valence-electron chi connectivity index (χ3n) is 10.9. The van der Waals surface area contributed by atoms with Gasteiger partial charge < -0.3 is 4.43 Å². The Morgan fingerprint density at radius 1 is 1.00 bits per heavy atom. The van der Waals surface area contributed by atoms with Crippen LogP contribution in [0.5, 0.6) is 0 Å². The van der Waals surface area contributed by atoms with E-state index in [0.717, 1.165) is 49.0 Å². The van der Waals surface area contributed by atoms with Crippen molar-refractivity contribution in [2.75, 3.05) is 6.61 Å². The Balaban J connectivity index is 1.35. The van der Waals surface area contributed by atoms with Gasteiger partial charge in [-0.05, 0) is 123 Å². The van der Waals surface area contributed by atoms with Crippen LogP contribution < -0.4 is 0 Å². The molecule has 3 fully saturated rings. The van der Waals surface area contributed by atoms with Crippen molar-refractivity contribution < 1.29 is 9.22 Å². The summed E-state index contributed by atoms with van der Waals surface area (Å²) in [6.07, 6.45) is 16.3. The molecule has 0 bridgehead atoms. The fourth-order valence-electron chi connectivity index (χ4n) is 9.00. The minimum absolute atomic E-state index is 0.315. The summed E-state index contributed by atoms with van der Waals surface area (Å²) >= 11 is 0. The summed E-state index contributed by atoms with van der Waals surface area (Å²) in [5.41, 5.74) is 2.38. The summed E-state index contributed by atoms with van der Waals surface area (Å²) in [7, 11) is -1.39. The van der Waals surface area contributed by atoms with E-state index in [2.05, 4.69) is 53.4 Å². The zero-order valence-corrected chi connectivity index (χ0v) is 23.8. The van der Waals surface area contributed by atoms with Crippen LogP contribution in [0, 0.1) is 46.3 Å². The molecule has 0 saturated heterocycles. The third kappa shape index (κ3) is 5.11. The molecular formula is C30H52O2Si. The normalized spacial score (nSPS) is 40.5. The zero-order valence-electron chi connectivity index (χ0n) is 22.8. The molecule has 0 aromatic rings. The third-order valence-corrected chi connectivity index (χ3v) is 11.9. The molecule has 3 heteroatoms. The smallest absolute Gasteiger partial charge is 0.183 e. The second kappa shape index (κ2) is 9.56. The Kier molecular flexibility index (Phi) is 7.44. The molecule has 7 unspecified atom stereocenters. The Morgan fingerprint density at radius 2 is 1.76 bits per heavy atom. The molecule has 33 heavy (non-hydrogen) atoms. The quantitative estimate of drug-likeness (QED) is 0.331. The summed E-state index contributed by atoms with van der Waals surface area (Å²) in [6.45, 7) is 18.0. The van der Waals surface area contributed by atoms with Crippen LogP contribution in [-0.4, -0.2) is 20.7 Å². The van der Waals surface area contributed by atoms with Gasteiger partial charge in [0, 0.05) is 13.0 Å². The molecule has 0 aromatic heterocycles. The number of hydrogen-bond donors (Lipinski definition) is 0. The fourth-order valence-corrected chi connectivity index (χ4v) is 9.78. The second-order valence-corrected chi connectivity index (χ2v) is 18.6. The van der Waals surface area contributed by atoms with Gasteiger partial charge >= 0.3 is 0 Å². The van der Waals surface area contributed by atoms with Crippen LogP contribution in [0.25, 0.3) is 0 Å². The van der Waals surface area contributed by atoms with Gasteiger partial charge in [0.1, 0.15) is 0 Å². The van der Waals surface area contributed by atoms with E-state index in [-0.39, 0.29) is 0 Å². The Bertz CT molecular complexity index is 751. The van der Waals surface area contributed by atoms with Crippen LogP contribution in [0.4, 0.5) is 0 Å². The van der Waals surface area contributed by atoms with Gasteiger partial charge in [-0.1, -0.05) is 46.1 Å². The number of fused-ring (bicyclic) bond motifs is 5. The highest BCUT2D eigenvalue weighted by molar-refractivity contribution is 6.69. The van der Waals surface area contributed by atoms with Gasteiger partial charge in [0.25, 0.3) is 0 Å². The van der Waals surface area contributed by atoms with Crippen molar-refractivity contribution >= 4 is 14.1 Å². The molecule has 4 aliphatic rings. The summed E-state index contributed by atoms with van der Waals surface area (Å²) in [4.78, 5) is 12.1. The lowest BCUT2D eigenvalue weighted by Gasteiger charge is -2.58. The number of ketones is 1. The molecule has 0 heterocycles. The molecule has 8 atom stereocenters. The van der Waals surface area contributed by atoms with Gasteiger partial charge in [-0.2, -0.15) is 0 Å². The van der Waals surface area contributed by atoms with Crippen LogP contribution in [0.3, 0.4) is 0 Å².